The minimum absolute atomic E-state index is 0.203. The Labute approximate surface area is 192 Å². The number of nitrogens with one attached hydrogen (secondary N) is 2. The van der Waals surface area contributed by atoms with Gasteiger partial charge in [-0.3, -0.25) is 9.51 Å². The van der Waals surface area contributed by atoms with Crippen molar-refractivity contribution in [3.05, 3.63) is 88.6 Å². The number of hydrogen-bond acceptors (Lipinski definition) is 6. The summed E-state index contributed by atoms with van der Waals surface area (Å²) in [6.07, 6.45) is 5.48. The Morgan fingerprint density at radius 2 is 2.06 bits per heavy atom. The van der Waals surface area contributed by atoms with Crippen molar-refractivity contribution in [1.29, 1.82) is 0 Å². The first-order valence-electron chi connectivity index (χ1n) is 11.3. The summed E-state index contributed by atoms with van der Waals surface area (Å²) >= 11 is 0. The number of aromatic amines is 1. The van der Waals surface area contributed by atoms with E-state index in [0.717, 1.165) is 66.8 Å². The maximum absolute atomic E-state index is 11.4. The number of hydrogen-bond donors (Lipinski definition) is 3. The summed E-state index contributed by atoms with van der Waals surface area (Å²) in [4.78, 5) is 14.0. The Balaban J connectivity index is 1.55. The van der Waals surface area contributed by atoms with Crippen LogP contribution >= 0.6 is 0 Å². The van der Waals surface area contributed by atoms with Crippen LogP contribution in [0.5, 0.6) is 11.5 Å². The predicted molar refractivity (Wildman–Crippen MR) is 128 cm³/mol. The number of benzene rings is 2. The van der Waals surface area contributed by atoms with E-state index in [1.807, 2.05) is 24.3 Å². The van der Waals surface area contributed by atoms with E-state index in [1.165, 1.54) is 5.56 Å². The van der Waals surface area contributed by atoms with Crippen molar-refractivity contribution in [2.75, 3.05) is 13.1 Å². The van der Waals surface area contributed by atoms with Gasteiger partial charge in [-0.25, -0.2) is 4.79 Å². The molecule has 0 aliphatic carbocycles. The molecule has 2 atom stereocenters. The highest BCUT2D eigenvalue weighted by Gasteiger charge is 2.32. The molecular weight excluding hydrogens is 418 g/mol. The largest absolute Gasteiger partial charge is 0.516 e. The molecule has 3 aromatic rings. The first kappa shape index (κ1) is 22.6. The lowest BCUT2D eigenvalue weighted by molar-refractivity contribution is 0.367. The van der Waals surface area contributed by atoms with Gasteiger partial charge in [-0.1, -0.05) is 61.0 Å². The number of allylic oxidation sites excluding steroid dienone is 1. The molecule has 2 aromatic carbocycles. The molecule has 4 rings (SSSR count). The fourth-order valence-electron chi connectivity index (χ4n) is 4.46. The molecule has 1 aliphatic rings. The topological polar surface area (TPSA) is 100 Å². The molecule has 0 bridgehead atoms. The molecule has 0 saturated carbocycles. The normalized spacial score (nSPS) is 15.6. The molecule has 0 amide bonds. The molecule has 1 aromatic heterocycles. The van der Waals surface area contributed by atoms with E-state index in [1.54, 1.807) is 6.08 Å². The summed E-state index contributed by atoms with van der Waals surface area (Å²) in [5.41, 5.74) is 3.97. The highest BCUT2D eigenvalue weighted by atomic mass is 16.5. The second kappa shape index (κ2) is 10.4. The van der Waals surface area contributed by atoms with Crippen LogP contribution < -0.4 is 15.8 Å². The highest BCUT2D eigenvalue weighted by Crippen LogP contribution is 2.49. The van der Waals surface area contributed by atoms with Crippen molar-refractivity contribution >= 4 is 0 Å². The average Bonchev–Trinajstić information content (AvgIpc) is 3.26. The summed E-state index contributed by atoms with van der Waals surface area (Å²) in [5.74, 6) is 2.06. The molecule has 33 heavy (non-hydrogen) atoms. The number of aromatic nitrogens is 2. The molecule has 0 radical (unpaired) electrons. The maximum Gasteiger partial charge on any atom is 0.439 e. The van der Waals surface area contributed by atoms with Gasteiger partial charge in [-0.15, -0.1) is 0 Å². The fraction of sp³-hybridized carbons (Fsp3) is 0.308. The minimum atomic E-state index is -0.582. The van der Waals surface area contributed by atoms with Gasteiger partial charge in [0.05, 0.1) is 6.26 Å². The number of aliphatic hydroxyl groups is 1. The molecule has 7 heteroatoms. The number of aliphatic hydroxyl groups excluding tert-OH is 1. The third-order valence-corrected chi connectivity index (χ3v) is 6.16. The van der Waals surface area contributed by atoms with Crippen LogP contribution in [0.15, 0.2) is 76.3 Å². The lowest BCUT2D eigenvalue weighted by Crippen LogP contribution is -2.24. The van der Waals surface area contributed by atoms with Crippen LogP contribution in [0.1, 0.15) is 43.2 Å². The van der Waals surface area contributed by atoms with E-state index in [9.17, 15) is 4.79 Å². The number of fused-ring (bicyclic) bond motifs is 2. The van der Waals surface area contributed by atoms with Crippen LogP contribution in [0.2, 0.25) is 0 Å². The van der Waals surface area contributed by atoms with E-state index in [4.69, 9.17) is 9.84 Å². The highest BCUT2D eigenvalue weighted by molar-refractivity contribution is 5.63. The van der Waals surface area contributed by atoms with E-state index in [2.05, 4.69) is 51.7 Å². The van der Waals surface area contributed by atoms with Crippen molar-refractivity contribution in [3.8, 4) is 22.9 Å². The van der Waals surface area contributed by atoms with Crippen LogP contribution in [-0.2, 0) is 0 Å². The molecule has 0 saturated heterocycles. The summed E-state index contributed by atoms with van der Waals surface area (Å²) in [7, 11) is 0. The number of rotatable bonds is 10. The van der Waals surface area contributed by atoms with E-state index in [0.29, 0.717) is 11.7 Å². The van der Waals surface area contributed by atoms with E-state index in [-0.39, 0.29) is 5.92 Å². The first-order chi connectivity index (χ1) is 16.1. The molecule has 172 valence electrons. The number of H-pyrrole nitrogens is 1. The Morgan fingerprint density at radius 1 is 1.24 bits per heavy atom. The molecule has 0 fully saturated rings. The molecule has 1 aliphatic heterocycles. The van der Waals surface area contributed by atoms with Crippen molar-refractivity contribution in [3.63, 3.8) is 0 Å². The Hall–Kier alpha value is -3.58. The zero-order chi connectivity index (χ0) is 23.2. The zero-order valence-electron chi connectivity index (χ0n) is 18.7. The van der Waals surface area contributed by atoms with Gasteiger partial charge in [0, 0.05) is 22.6 Å². The average molecular weight is 448 g/mol. The lowest BCUT2D eigenvalue weighted by Gasteiger charge is -2.34. The van der Waals surface area contributed by atoms with Crippen LogP contribution in [0, 0.1) is 5.92 Å². The maximum atomic E-state index is 11.4. The second-order valence-corrected chi connectivity index (χ2v) is 8.24. The molecule has 7 nitrogen and oxygen atoms in total. The van der Waals surface area contributed by atoms with Crippen molar-refractivity contribution in [2.24, 2.45) is 5.92 Å². The minimum Gasteiger partial charge on any atom is -0.516 e. The number of nitrogens with zero attached hydrogens (tertiary/aromatic N) is 1. The van der Waals surface area contributed by atoms with Crippen LogP contribution in [-0.4, -0.2) is 28.3 Å². The molecule has 2 unspecified atom stereocenters. The Bertz CT molecular complexity index is 1190. The van der Waals surface area contributed by atoms with Crippen LogP contribution in [0.3, 0.4) is 0 Å². The van der Waals surface area contributed by atoms with Gasteiger partial charge in [-0.2, -0.15) is 0 Å². The Morgan fingerprint density at radius 3 is 2.82 bits per heavy atom. The monoisotopic (exact) mass is 447 g/mol. The number of para-hydroxylation sites is 1. The van der Waals surface area contributed by atoms with Crippen molar-refractivity contribution in [1.82, 2.24) is 15.5 Å². The Kier molecular flexibility index (Phi) is 7.10. The van der Waals surface area contributed by atoms with Crippen molar-refractivity contribution in [2.45, 2.75) is 32.1 Å². The summed E-state index contributed by atoms with van der Waals surface area (Å²) in [6.45, 7) is 7.85. The smallest absolute Gasteiger partial charge is 0.439 e. The van der Waals surface area contributed by atoms with Crippen molar-refractivity contribution < 1.29 is 14.4 Å². The van der Waals surface area contributed by atoms with Gasteiger partial charge in [0.1, 0.15) is 11.5 Å². The standard InChI is InChI=1S/C26H29N3O4/c1-3-18(11-14-27-13-10-17(2)12-15-30)24-20-6-4-5-7-22(20)32-23-16-19(8-9-21(23)24)25-28-26(31)33-29-25/h4-9,12,15-16,18,24,27,30H,2-3,10-11,13-14H2,1H3,(H,28,29,31)/b15-12-. The summed E-state index contributed by atoms with van der Waals surface area (Å²) in [6, 6.07) is 14.1. The molecule has 2 heterocycles. The van der Waals surface area contributed by atoms with E-state index >= 15 is 0 Å². The molecular formula is C26H29N3O4. The van der Waals surface area contributed by atoms with Gasteiger partial charge < -0.3 is 15.2 Å². The quantitative estimate of drug-likeness (QED) is 0.222. The second-order valence-electron chi connectivity index (χ2n) is 8.24. The van der Waals surface area contributed by atoms with Gasteiger partial charge in [0.25, 0.3) is 0 Å². The summed E-state index contributed by atoms with van der Waals surface area (Å²) < 4.78 is 10.9. The zero-order valence-corrected chi connectivity index (χ0v) is 18.7. The molecule has 3 N–H and O–H groups in total. The van der Waals surface area contributed by atoms with Crippen LogP contribution in [0.25, 0.3) is 11.4 Å². The number of ether oxygens (including phenoxy) is 1. The predicted octanol–water partition coefficient (Wildman–Crippen LogP) is 5.29. The van der Waals surface area contributed by atoms with Gasteiger partial charge in [0.2, 0.25) is 0 Å². The third kappa shape index (κ3) is 5.09. The van der Waals surface area contributed by atoms with E-state index < -0.39 is 5.76 Å². The third-order valence-electron chi connectivity index (χ3n) is 6.16. The summed E-state index contributed by atoms with van der Waals surface area (Å²) in [5, 5.41) is 16.1. The SMILES string of the molecule is C=C(/C=C\O)CCNCCC(CC)C1c2ccccc2Oc2cc(-c3noc(=O)[nH]3)ccc21. The van der Waals surface area contributed by atoms with Gasteiger partial charge >= 0.3 is 5.76 Å². The fourth-order valence-corrected chi connectivity index (χ4v) is 4.46. The lowest BCUT2D eigenvalue weighted by atomic mass is 9.76. The first-order valence-corrected chi connectivity index (χ1v) is 11.3. The van der Waals surface area contributed by atoms with Gasteiger partial charge in [0.15, 0.2) is 5.82 Å². The molecule has 0 spiro atoms. The van der Waals surface area contributed by atoms with Crippen LogP contribution in [0.4, 0.5) is 0 Å². The van der Waals surface area contributed by atoms with Gasteiger partial charge in [-0.05, 0) is 50.1 Å².